The second-order valence-corrected chi connectivity index (χ2v) is 12.4. The van der Waals surface area contributed by atoms with E-state index in [0.29, 0.717) is 36.6 Å². The second kappa shape index (κ2) is 22.8. The van der Waals surface area contributed by atoms with Gasteiger partial charge >= 0.3 is 0 Å². The third-order valence-electron chi connectivity index (χ3n) is 8.26. The minimum Gasteiger partial charge on any atom is -0.383 e. The topological polar surface area (TPSA) is 120 Å². The Labute approximate surface area is 283 Å². The van der Waals surface area contributed by atoms with Crippen LogP contribution in [0.3, 0.4) is 0 Å². The van der Waals surface area contributed by atoms with Gasteiger partial charge < -0.3 is 25.8 Å². The molecule has 260 valence electrons. The van der Waals surface area contributed by atoms with E-state index in [-0.39, 0.29) is 30.3 Å². The maximum atomic E-state index is 12.7. The van der Waals surface area contributed by atoms with E-state index in [1.807, 2.05) is 24.3 Å². The Bertz CT molecular complexity index is 1210. The molecule has 0 saturated heterocycles. The summed E-state index contributed by atoms with van der Waals surface area (Å²) < 4.78 is 13.0. The number of carbonyl (C=O) groups excluding carboxylic acids is 2. The summed E-state index contributed by atoms with van der Waals surface area (Å²) in [6.45, 7) is 21.3. The molecule has 1 heterocycles. The molecule has 2 aliphatic rings. The Morgan fingerprint density at radius 3 is 2.55 bits per heavy atom. The van der Waals surface area contributed by atoms with Gasteiger partial charge in [0.25, 0.3) is 5.91 Å². The van der Waals surface area contributed by atoms with Gasteiger partial charge in [0.1, 0.15) is 17.9 Å². The standard InChI is InChI=1S/C23H33N5O3.C15H26O/c1-3-4-7-12-31-21-9-6-5-8-18(21)26-22(29)15-28-20(23(24)30)13-19(27-28)16(2)25-14-17-10-11-17;1-5-8-9-10-12-14(4)16-13-15(7-3)11-6-2/h3-4,7,13,17-18,21,25H,1-2,5-6,8-12,14-15H2,(H2,24,30)(H,26,29);6-7,11,14H,2-3,5,8-10,12-13H2,1,4H3/b7-4+;15-11+/t18-,21-;14-/m01/s1. The molecule has 0 spiro atoms. The summed E-state index contributed by atoms with van der Waals surface area (Å²) in [6.07, 6.45) is 24.0. The third-order valence-corrected chi connectivity index (χ3v) is 8.26. The summed E-state index contributed by atoms with van der Waals surface area (Å²) in [6, 6.07) is 1.51. The van der Waals surface area contributed by atoms with Gasteiger partial charge in [-0.2, -0.15) is 5.10 Å². The molecule has 2 saturated carbocycles. The molecular formula is C38H59N5O4. The van der Waals surface area contributed by atoms with E-state index >= 15 is 0 Å². The number of hydrogen-bond acceptors (Lipinski definition) is 6. The van der Waals surface area contributed by atoms with E-state index in [9.17, 15) is 9.59 Å². The first-order valence-electron chi connectivity index (χ1n) is 17.3. The van der Waals surface area contributed by atoms with Crippen molar-refractivity contribution in [2.24, 2.45) is 11.7 Å². The summed E-state index contributed by atoms with van der Waals surface area (Å²) in [5.41, 5.74) is 7.94. The molecule has 0 bridgehead atoms. The van der Waals surface area contributed by atoms with Gasteiger partial charge in [-0.1, -0.05) is 108 Å². The Kier molecular flexibility index (Phi) is 19.1. The van der Waals surface area contributed by atoms with Crippen LogP contribution < -0.4 is 16.4 Å². The summed E-state index contributed by atoms with van der Waals surface area (Å²) in [5, 5.41) is 10.7. The maximum Gasteiger partial charge on any atom is 0.267 e. The monoisotopic (exact) mass is 649 g/mol. The number of amides is 2. The van der Waals surface area contributed by atoms with E-state index in [1.54, 1.807) is 18.2 Å². The SMILES string of the molecule is C=C/C=C(\C=C)CO[C@H](C)CCCCCC.C=C/C=C/CO[C@H]1CCCC[C@@H]1NC(=O)Cn1nc(C(=C)NCC2CC2)cc1C(N)=O. The zero-order valence-electron chi connectivity index (χ0n) is 28.9. The average Bonchev–Trinajstić information content (AvgIpc) is 3.80. The number of nitrogens with zero attached hydrogens (tertiary/aromatic N) is 2. The van der Waals surface area contributed by atoms with Crippen molar-refractivity contribution < 1.29 is 19.1 Å². The number of hydrogen-bond donors (Lipinski definition) is 3. The molecule has 4 N–H and O–H groups in total. The van der Waals surface area contributed by atoms with Crippen LogP contribution in [0.4, 0.5) is 0 Å². The molecule has 3 rings (SSSR count). The molecule has 0 aromatic carbocycles. The lowest BCUT2D eigenvalue weighted by Gasteiger charge is -2.32. The Balaban J connectivity index is 0.000000407. The van der Waals surface area contributed by atoms with Crippen LogP contribution in [0.1, 0.15) is 101 Å². The van der Waals surface area contributed by atoms with Crippen molar-refractivity contribution in [1.82, 2.24) is 20.4 Å². The highest BCUT2D eigenvalue weighted by molar-refractivity contribution is 5.92. The van der Waals surface area contributed by atoms with Crippen molar-refractivity contribution in [3.05, 3.63) is 85.8 Å². The van der Waals surface area contributed by atoms with Gasteiger partial charge in [-0.15, -0.1) is 0 Å². The van der Waals surface area contributed by atoms with Crippen molar-refractivity contribution in [3.8, 4) is 0 Å². The first kappa shape index (κ1) is 39.5. The van der Waals surface area contributed by atoms with Crippen LogP contribution in [0.25, 0.3) is 5.70 Å². The molecule has 0 aliphatic heterocycles. The maximum absolute atomic E-state index is 12.7. The highest BCUT2D eigenvalue weighted by Gasteiger charge is 2.28. The fourth-order valence-corrected chi connectivity index (χ4v) is 5.25. The van der Waals surface area contributed by atoms with E-state index in [4.69, 9.17) is 15.2 Å². The number of primary amides is 1. The molecular weight excluding hydrogens is 590 g/mol. The normalized spacial score (nSPS) is 18.5. The van der Waals surface area contributed by atoms with E-state index in [2.05, 4.69) is 55.9 Å². The molecule has 0 radical (unpaired) electrons. The lowest BCUT2D eigenvalue weighted by Crippen LogP contribution is -2.47. The molecule has 2 fully saturated rings. The number of ether oxygens (including phenoxy) is 2. The van der Waals surface area contributed by atoms with Gasteiger partial charge in [0.2, 0.25) is 5.91 Å². The zero-order valence-corrected chi connectivity index (χ0v) is 28.9. The highest BCUT2D eigenvalue weighted by Crippen LogP contribution is 2.28. The van der Waals surface area contributed by atoms with Gasteiger partial charge in [0.05, 0.1) is 37.2 Å². The van der Waals surface area contributed by atoms with E-state index in [0.717, 1.165) is 44.2 Å². The van der Waals surface area contributed by atoms with Gasteiger partial charge in [0.15, 0.2) is 0 Å². The van der Waals surface area contributed by atoms with Gasteiger partial charge in [0, 0.05) is 6.54 Å². The molecule has 47 heavy (non-hydrogen) atoms. The predicted octanol–water partition coefficient (Wildman–Crippen LogP) is 6.80. The molecule has 9 nitrogen and oxygen atoms in total. The molecule has 0 unspecified atom stereocenters. The van der Waals surface area contributed by atoms with Gasteiger partial charge in [-0.3, -0.25) is 9.59 Å². The molecule has 2 amide bonds. The van der Waals surface area contributed by atoms with Gasteiger partial charge in [-0.25, -0.2) is 4.68 Å². The number of nitrogens with one attached hydrogen (secondary N) is 2. The number of carbonyl (C=O) groups is 2. The summed E-state index contributed by atoms with van der Waals surface area (Å²) in [5.74, 6) is -0.177. The van der Waals surface area contributed by atoms with E-state index in [1.165, 1.54) is 43.2 Å². The highest BCUT2D eigenvalue weighted by atomic mass is 16.5. The molecule has 2 aliphatic carbocycles. The van der Waals surface area contributed by atoms with Crippen LogP contribution in [0, 0.1) is 5.92 Å². The van der Waals surface area contributed by atoms with Crippen molar-refractivity contribution >= 4 is 17.5 Å². The lowest BCUT2D eigenvalue weighted by atomic mass is 9.92. The predicted molar refractivity (Wildman–Crippen MR) is 193 cm³/mol. The van der Waals surface area contributed by atoms with Crippen molar-refractivity contribution in [1.29, 1.82) is 0 Å². The van der Waals surface area contributed by atoms with Crippen LogP contribution in [0.2, 0.25) is 0 Å². The fourth-order valence-electron chi connectivity index (χ4n) is 5.25. The number of nitrogens with two attached hydrogens (primary N) is 1. The third kappa shape index (κ3) is 16.1. The number of aromatic nitrogens is 2. The van der Waals surface area contributed by atoms with Crippen molar-refractivity contribution in [2.45, 2.75) is 109 Å². The van der Waals surface area contributed by atoms with Crippen LogP contribution >= 0.6 is 0 Å². The summed E-state index contributed by atoms with van der Waals surface area (Å²) in [4.78, 5) is 24.6. The number of rotatable bonds is 22. The number of allylic oxidation sites excluding steroid dienone is 4. The second-order valence-electron chi connectivity index (χ2n) is 12.4. The largest absolute Gasteiger partial charge is 0.383 e. The van der Waals surface area contributed by atoms with Crippen LogP contribution in [0.5, 0.6) is 0 Å². The molecule has 9 heteroatoms. The van der Waals surface area contributed by atoms with Gasteiger partial charge in [-0.05, 0) is 56.6 Å². The lowest BCUT2D eigenvalue weighted by molar-refractivity contribution is -0.124. The van der Waals surface area contributed by atoms with Crippen molar-refractivity contribution in [2.75, 3.05) is 19.8 Å². The summed E-state index contributed by atoms with van der Waals surface area (Å²) >= 11 is 0. The quantitative estimate of drug-likeness (QED) is 0.0939. The Morgan fingerprint density at radius 2 is 1.89 bits per heavy atom. The Morgan fingerprint density at radius 1 is 1.13 bits per heavy atom. The first-order chi connectivity index (χ1) is 22.7. The minimum absolute atomic E-state index is 0.0395. The fraction of sp³-hybridized carbons (Fsp3) is 0.553. The molecule has 1 aromatic rings. The minimum atomic E-state index is -0.630. The van der Waals surface area contributed by atoms with Crippen LogP contribution in [-0.2, 0) is 20.8 Å². The average molecular weight is 650 g/mol. The molecule has 1 aromatic heterocycles. The van der Waals surface area contributed by atoms with E-state index < -0.39 is 5.91 Å². The Hall–Kier alpha value is -3.69. The van der Waals surface area contributed by atoms with Crippen molar-refractivity contribution in [3.63, 3.8) is 0 Å². The zero-order chi connectivity index (χ0) is 34.4. The van der Waals surface area contributed by atoms with Crippen LogP contribution in [-0.4, -0.2) is 59.6 Å². The van der Waals surface area contributed by atoms with Crippen LogP contribution in [0.15, 0.2) is 74.4 Å². The number of unbranched alkanes of at least 4 members (excludes halogenated alkanes) is 3. The summed E-state index contributed by atoms with van der Waals surface area (Å²) in [7, 11) is 0. The molecule has 3 atom stereocenters. The smallest absolute Gasteiger partial charge is 0.267 e. The first-order valence-corrected chi connectivity index (χ1v) is 17.3.